The van der Waals surface area contributed by atoms with E-state index in [2.05, 4.69) is 26.1 Å². The summed E-state index contributed by atoms with van der Waals surface area (Å²) in [6.07, 6.45) is 4.40. The van der Waals surface area contributed by atoms with Crippen LogP contribution in [0.25, 0.3) is 0 Å². The molecular weight excluding hydrogens is 146 g/mol. The molecule has 2 rings (SSSR count). The van der Waals surface area contributed by atoms with Gasteiger partial charge in [-0.05, 0) is 29.6 Å². The van der Waals surface area contributed by atoms with E-state index in [1.54, 1.807) is 0 Å². The quantitative estimate of drug-likeness (QED) is 0.584. The smallest absolute Gasteiger partial charge is 0.00231 e. The normalized spacial score (nSPS) is 33.8. The molecule has 0 aromatic carbocycles. The summed E-state index contributed by atoms with van der Waals surface area (Å²) in [5, 5.41) is 3.45. The third-order valence-corrected chi connectivity index (χ3v) is 3.91. The Labute approximate surface area is 75.9 Å². The maximum atomic E-state index is 3.45. The Hall–Kier alpha value is -0.0400. The molecule has 1 heteroatoms. The van der Waals surface area contributed by atoms with Crippen molar-refractivity contribution in [3.05, 3.63) is 0 Å². The molecule has 1 atom stereocenters. The molecule has 1 heterocycles. The van der Waals surface area contributed by atoms with E-state index < -0.39 is 0 Å². The number of rotatable bonds is 0. The van der Waals surface area contributed by atoms with Crippen molar-refractivity contribution in [2.45, 2.75) is 40.0 Å². The van der Waals surface area contributed by atoms with E-state index in [-0.39, 0.29) is 0 Å². The molecule has 1 nitrogen and oxygen atoms in total. The second kappa shape index (κ2) is 2.47. The van der Waals surface area contributed by atoms with Crippen LogP contribution in [0, 0.1) is 16.7 Å². The fraction of sp³-hybridized carbons (Fsp3) is 1.00. The van der Waals surface area contributed by atoms with Crippen LogP contribution >= 0.6 is 0 Å². The zero-order valence-corrected chi connectivity index (χ0v) is 8.61. The summed E-state index contributed by atoms with van der Waals surface area (Å²) in [5.74, 6) is 0.964. The van der Waals surface area contributed by atoms with Gasteiger partial charge in [0.25, 0.3) is 0 Å². The van der Waals surface area contributed by atoms with E-state index in [9.17, 15) is 0 Å². The maximum absolute atomic E-state index is 3.45. The second-order valence-corrected chi connectivity index (χ2v) is 5.78. The van der Waals surface area contributed by atoms with Gasteiger partial charge in [-0.25, -0.2) is 0 Å². The van der Waals surface area contributed by atoms with E-state index in [0.717, 1.165) is 5.92 Å². The van der Waals surface area contributed by atoms with Crippen molar-refractivity contribution < 1.29 is 0 Å². The highest BCUT2D eigenvalue weighted by Crippen LogP contribution is 2.53. The summed E-state index contributed by atoms with van der Waals surface area (Å²) in [6, 6.07) is 0. The summed E-state index contributed by atoms with van der Waals surface area (Å²) < 4.78 is 0. The van der Waals surface area contributed by atoms with Gasteiger partial charge in [0.05, 0.1) is 0 Å². The van der Waals surface area contributed by atoms with Crippen molar-refractivity contribution in [2.24, 2.45) is 16.7 Å². The monoisotopic (exact) mass is 167 g/mol. The van der Waals surface area contributed by atoms with Crippen LogP contribution in [0.3, 0.4) is 0 Å². The van der Waals surface area contributed by atoms with Crippen molar-refractivity contribution in [3.8, 4) is 0 Å². The van der Waals surface area contributed by atoms with Crippen LogP contribution in [-0.4, -0.2) is 13.1 Å². The van der Waals surface area contributed by atoms with E-state index in [1.165, 1.54) is 32.4 Å². The first kappa shape index (κ1) is 8.55. The molecule has 1 N–H and O–H groups in total. The number of hydrogen-bond donors (Lipinski definition) is 1. The predicted octanol–water partition coefficient (Wildman–Crippen LogP) is 2.42. The number of nitrogens with one attached hydrogen (secondary N) is 1. The highest BCUT2D eigenvalue weighted by Gasteiger charge is 2.51. The molecule has 1 saturated carbocycles. The standard InChI is InChI=1S/C11H21N/c1-10(2,3)9-5-4-6-11(9)7-12-8-11/h9,12H,4-8H2,1-3H3/t9-/m0/s1. The molecule has 2 aliphatic rings. The van der Waals surface area contributed by atoms with Crippen LogP contribution < -0.4 is 5.32 Å². The van der Waals surface area contributed by atoms with Gasteiger partial charge in [0.15, 0.2) is 0 Å². The lowest BCUT2D eigenvalue weighted by atomic mass is 9.63. The minimum absolute atomic E-state index is 0.526. The SMILES string of the molecule is CC(C)(C)[C@@H]1CCCC12CNC2. The predicted molar refractivity (Wildman–Crippen MR) is 52.1 cm³/mol. The molecule has 1 spiro atoms. The lowest BCUT2D eigenvalue weighted by Crippen LogP contribution is -2.57. The summed E-state index contributed by atoms with van der Waals surface area (Å²) in [6.45, 7) is 9.79. The van der Waals surface area contributed by atoms with Crippen LogP contribution in [0.15, 0.2) is 0 Å². The molecule has 0 unspecified atom stereocenters. The Morgan fingerprint density at radius 2 is 1.92 bits per heavy atom. The zero-order chi connectivity index (χ0) is 8.82. The third kappa shape index (κ3) is 1.10. The van der Waals surface area contributed by atoms with Gasteiger partial charge in [-0.15, -0.1) is 0 Å². The van der Waals surface area contributed by atoms with Crippen molar-refractivity contribution in [1.82, 2.24) is 5.32 Å². The lowest BCUT2D eigenvalue weighted by molar-refractivity contribution is 0.0358. The molecule has 70 valence electrons. The average molecular weight is 167 g/mol. The summed E-state index contributed by atoms with van der Waals surface area (Å²) in [4.78, 5) is 0. The van der Waals surface area contributed by atoms with Gasteiger partial charge in [0, 0.05) is 13.1 Å². The van der Waals surface area contributed by atoms with E-state index >= 15 is 0 Å². The molecule has 0 aromatic heterocycles. The Morgan fingerprint density at radius 1 is 1.25 bits per heavy atom. The van der Waals surface area contributed by atoms with Gasteiger partial charge in [-0.1, -0.05) is 27.2 Å². The van der Waals surface area contributed by atoms with E-state index in [1.807, 2.05) is 0 Å². The highest BCUT2D eigenvalue weighted by molar-refractivity contribution is 5.04. The van der Waals surface area contributed by atoms with Gasteiger partial charge in [-0.3, -0.25) is 0 Å². The largest absolute Gasteiger partial charge is 0.316 e. The van der Waals surface area contributed by atoms with Crippen LogP contribution in [0.5, 0.6) is 0 Å². The van der Waals surface area contributed by atoms with Gasteiger partial charge in [-0.2, -0.15) is 0 Å². The Kier molecular flexibility index (Phi) is 1.76. The van der Waals surface area contributed by atoms with Gasteiger partial charge >= 0.3 is 0 Å². The Morgan fingerprint density at radius 3 is 2.25 bits per heavy atom. The van der Waals surface area contributed by atoms with Gasteiger partial charge in [0.2, 0.25) is 0 Å². The first-order valence-corrected chi connectivity index (χ1v) is 5.25. The summed E-state index contributed by atoms with van der Waals surface area (Å²) in [7, 11) is 0. The minimum atomic E-state index is 0.526. The van der Waals surface area contributed by atoms with Crippen LogP contribution in [-0.2, 0) is 0 Å². The molecule has 1 aliphatic carbocycles. The molecule has 12 heavy (non-hydrogen) atoms. The second-order valence-electron chi connectivity index (χ2n) is 5.78. The van der Waals surface area contributed by atoms with Crippen LogP contribution in [0.2, 0.25) is 0 Å². The molecule has 0 amide bonds. The lowest BCUT2D eigenvalue weighted by Gasteiger charge is -2.49. The molecule has 0 aromatic rings. The molecule has 1 aliphatic heterocycles. The van der Waals surface area contributed by atoms with Crippen molar-refractivity contribution >= 4 is 0 Å². The summed E-state index contributed by atoms with van der Waals surface area (Å²) in [5.41, 5.74) is 1.23. The van der Waals surface area contributed by atoms with Crippen LogP contribution in [0.1, 0.15) is 40.0 Å². The molecule has 2 fully saturated rings. The van der Waals surface area contributed by atoms with Crippen molar-refractivity contribution in [3.63, 3.8) is 0 Å². The zero-order valence-electron chi connectivity index (χ0n) is 8.61. The first-order chi connectivity index (χ1) is 5.55. The van der Waals surface area contributed by atoms with Crippen molar-refractivity contribution in [1.29, 1.82) is 0 Å². The minimum Gasteiger partial charge on any atom is -0.316 e. The molecular formula is C11H21N. The Balaban J connectivity index is 2.14. The van der Waals surface area contributed by atoms with Gasteiger partial charge in [0.1, 0.15) is 0 Å². The fourth-order valence-electron chi connectivity index (χ4n) is 3.36. The molecule has 0 radical (unpaired) electrons. The summed E-state index contributed by atoms with van der Waals surface area (Å²) >= 11 is 0. The highest BCUT2D eigenvalue weighted by atomic mass is 15.0. The maximum Gasteiger partial charge on any atom is 0.00231 e. The fourth-order valence-corrected chi connectivity index (χ4v) is 3.36. The average Bonchev–Trinajstić information content (AvgIpc) is 2.25. The van der Waals surface area contributed by atoms with Crippen LogP contribution in [0.4, 0.5) is 0 Å². The topological polar surface area (TPSA) is 12.0 Å². The number of hydrogen-bond acceptors (Lipinski definition) is 1. The van der Waals surface area contributed by atoms with E-state index in [0.29, 0.717) is 10.8 Å². The molecule has 0 bridgehead atoms. The van der Waals surface area contributed by atoms with E-state index in [4.69, 9.17) is 0 Å². The Bertz CT molecular complexity index is 174. The van der Waals surface area contributed by atoms with Gasteiger partial charge < -0.3 is 5.32 Å². The van der Waals surface area contributed by atoms with Crippen molar-refractivity contribution in [2.75, 3.05) is 13.1 Å². The third-order valence-electron chi connectivity index (χ3n) is 3.91. The first-order valence-electron chi connectivity index (χ1n) is 5.25. The molecule has 1 saturated heterocycles.